The lowest BCUT2D eigenvalue weighted by Gasteiger charge is -2.17. The number of rotatable bonds is 9. The van der Waals surface area contributed by atoms with Gasteiger partial charge in [0.2, 0.25) is 0 Å². The first-order chi connectivity index (χ1) is 15.1. The topological polar surface area (TPSA) is 91.3 Å². The van der Waals surface area contributed by atoms with Crippen LogP contribution in [-0.4, -0.2) is 36.5 Å². The number of aromatic nitrogens is 4. The quantitative estimate of drug-likeness (QED) is 0.550. The van der Waals surface area contributed by atoms with Gasteiger partial charge in [-0.2, -0.15) is 0 Å². The standard InChI is InChI=1S/C24H34N4O4/c1-15(2)10-26-14-25-22-21(26)23(30)28(24(31)27(22)11-16(3)4)12-19(29)13-32-20-8-7-17(5)9-18(20)6/h7-9,14-16,19,29H,10-13H2,1-6H3. The van der Waals surface area contributed by atoms with Gasteiger partial charge >= 0.3 is 5.69 Å². The molecule has 8 nitrogen and oxygen atoms in total. The third kappa shape index (κ3) is 5.12. The lowest BCUT2D eigenvalue weighted by atomic mass is 10.1. The SMILES string of the molecule is Cc1ccc(OCC(O)Cn2c(=O)c3c(ncn3CC(C)C)n(CC(C)C)c2=O)c(C)c1. The molecule has 0 aliphatic carbocycles. The average Bonchev–Trinajstić information content (AvgIpc) is 3.10. The molecule has 2 heterocycles. The third-order valence-corrected chi connectivity index (χ3v) is 5.25. The van der Waals surface area contributed by atoms with Gasteiger partial charge in [-0.3, -0.25) is 13.9 Å². The maximum atomic E-state index is 13.3. The normalized spacial score (nSPS) is 12.8. The van der Waals surface area contributed by atoms with E-state index < -0.39 is 17.4 Å². The predicted molar refractivity (Wildman–Crippen MR) is 125 cm³/mol. The minimum atomic E-state index is -1.02. The minimum Gasteiger partial charge on any atom is -0.491 e. The van der Waals surface area contributed by atoms with Crippen molar-refractivity contribution in [1.29, 1.82) is 0 Å². The molecule has 1 N–H and O–H groups in total. The van der Waals surface area contributed by atoms with Crippen LogP contribution in [0.3, 0.4) is 0 Å². The van der Waals surface area contributed by atoms with Gasteiger partial charge in [0.25, 0.3) is 5.56 Å². The van der Waals surface area contributed by atoms with Gasteiger partial charge in [0.15, 0.2) is 11.2 Å². The Bertz CT molecular complexity index is 1200. The summed E-state index contributed by atoms with van der Waals surface area (Å²) < 4.78 is 10.2. The number of benzene rings is 1. The molecule has 3 rings (SSSR count). The number of imidazole rings is 1. The lowest BCUT2D eigenvalue weighted by molar-refractivity contribution is 0.0898. The molecular weight excluding hydrogens is 408 g/mol. The molecule has 1 aromatic carbocycles. The van der Waals surface area contributed by atoms with Crippen LogP contribution in [0, 0.1) is 25.7 Å². The van der Waals surface area contributed by atoms with E-state index in [1.807, 2.05) is 45.9 Å². The molecule has 0 spiro atoms. The van der Waals surface area contributed by atoms with Gasteiger partial charge in [0.1, 0.15) is 18.5 Å². The Morgan fingerprint density at radius 3 is 2.31 bits per heavy atom. The van der Waals surface area contributed by atoms with Gasteiger partial charge in [0.05, 0.1) is 12.9 Å². The minimum absolute atomic E-state index is 0.0245. The van der Waals surface area contributed by atoms with Gasteiger partial charge in [-0.1, -0.05) is 45.4 Å². The Kier molecular flexibility index (Phi) is 7.23. The van der Waals surface area contributed by atoms with Crippen molar-refractivity contribution in [2.45, 2.75) is 67.3 Å². The molecule has 174 valence electrons. The van der Waals surface area contributed by atoms with E-state index >= 15 is 0 Å². The van der Waals surface area contributed by atoms with Crippen molar-refractivity contribution >= 4 is 11.2 Å². The molecular formula is C24H34N4O4. The molecule has 0 amide bonds. The molecule has 8 heteroatoms. The monoisotopic (exact) mass is 442 g/mol. The summed E-state index contributed by atoms with van der Waals surface area (Å²) in [6.07, 6.45) is 0.597. The summed E-state index contributed by atoms with van der Waals surface area (Å²) >= 11 is 0. The first kappa shape index (κ1) is 23.8. The zero-order valence-electron chi connectivity index (χ0n) is 19.8. The summed E-state index contributed by atoms with van der Waals surface area (Å²) in [5.41, 5.74) is 1.98. The molecule has 0 bridgehead atoms. The van der Waals surface area contributed by atoms with Crippen LogP contribution in [0.2, 0.25) is 0 Å². The third-order valence-electron chi connectivity index (χ3n) is 5.25. The summed E-state index contributed by atoms with van der Waals surface area (Å²) in [6.45, 7) is 12.9. The highest BCUT2D eigenvalue weighted by molar-refractivity contribution is 5.70. The number of nitrogens with zero attached hydrogens (tertiary/aromatic N) is 4. The average molecular weight is 443 g/mol. The second-order valence-corrected chi connectivity index (χ2v) is 9.40. The van der Waals surface area contributed by atoms with Crippen LogP contribution in [0.5, 0.6) is 5.75 Å². The fourth-order valence-corrected chi connectivity index (χ4v) is 3.87. The highest BCUT2D eigenvalue weighted by Crippen LogP contribution is 2.19. The fourth-order valence-electron chi connectivity index (χ4n) is 3.87. The van der Waals surface area contributed by atoms with Crippen LogP contribution < -0.4 is 16.0 Å². The van der Waals surface area contributed by atoms with Crippen molar-refractivity contribution in [1.82, 2.24) is 18.7 Å². The van der Waals surface area contributed by atoms with Crippen LogP contribution >= 0.6 is 0 Å². The summed E-state index contributed by atoms with van der Waals surface area (Å²) in [5.74, 6) is 1.17. The van der Waals surface area contributed by atoms with Crippen LogP contribution in [0.15, 0.2) is 34.1 Å². The molecule has 1 atom stereocenters. The van der Waals surface area contributed by atoms with Gasteiger partial charge in [-0.15, -0.1) is 0 Å². The van der Waals surface area contributed by atoms with Crippen molar-refractivity contribution in [3.63, 3.8) is 0 Å². The number of fused-ring (bicyclic) bond motifs is 1. The molecule has 0 saturated heterocycles. The van der Waals surface area contributed by atoms with E-state index in [-0.39, 0.29) is 19.1 Å². The smallest absolute Gasteiger partial charge is 0.332 e. The summed E-state index contributed by atoms with van der Waals surface area (Å²) in [7, 11) is 0. The Morgan fingerprint density at radius 1 is 1.00 bits per heavy atom. The molecule has 0 radical (unpaired) electrons. The molecule has 0 fully saturated rings. The van der Waals surface area contributed by atoms with Crippen molar-refractivity contribution in [2.75, 3.05) is 6.61 Å². The van der Waals surface area contributed by atoms with Gasteiger partial charge < -0.3 is 14.4 Å². The van der Waals surface area contributed by atoms with E-state index in [4.69, 9.17) is 4.74 Å². The maximum Gasteiger partial charge on any atom is 0.332 e. The lowest BCUT2D eigenvalue weighted by Crippen LogP contribution is -2.44. The highest BCUT2D eigenvalue weighted by Gasteiger charge is 2.21. The number of ether oxygens (including phenoxy) is 1. The van der Waals surface area contributed by atoms with Crippen LogP contribution in [0.1, 0.15) is 38.8 Å². The summed E-state index contributed by atoms with van der Waals surface area (Å²) in [5, 5.41) is 10.6. The van der Waals surface area contributed by atoms with E-state index in [1.165, 1.54) is 4.57 Å². The van der Waals surface area contributed by atoms with Crippen LogP contribution in [0.4, 0.5) is 0 Å². The van der Waals surface area contributed by atoms with Gasteiger partial charge in [0, 0.05) is 13.1 Å². The molecule has 32 heavy (non-hydrogen) atoms. The molecule has 1 unspecified atom stereocenters. The summed E-state index contributed by atoms with van der Waals surface area (Å²) in [4.78, 5) is 30.9. The maximum absolute atomic E-state index is 13.3. The number of aliphatic hydroxyl groups excluding tert-OH is 1. The van der Waals surface area contributed by atoms with Crippen LogP contribution in [-0.2, 0) is 19.6 Å². The van der Waals surface area contributed by atoms with Gasteiger partial charge in [-0.05, 0) is 37.3 Å². The predicted octanol–water partition coefficient (Wildman–Crippen LogP) is 2.73. The Balaban J connectivity index is 1.95. The number of aryl methyl sites for hydroxylation is 2. The van der Waals surface area contributed by atoms with E-state index in [2.05, 4.69) is 18.8 Å². The first-order valence-corrected chi connectivity index (χ1v) is 11.1. The first-order valence-electron chi connectivity index (χ1n) is 11.1. The van der Waals surface area contributed by atoms with Crippen molar-refractivity contribution in [2.24, 2.45) is 11.8 Å². The second-order valence-electron chi connectivity index (χ2n) is 9.40. The molecule has 0 aliphatic heterocycles. The highest BCUT2D eigenvalue weighted by atomic mass is 16.5. The zero-order valence-corrected chi connectivity index (χ0v) is 19.8. The van der Waals surface area contributed by atoms with Crippen molar-refractivity contribution < 1.29 is 9.84 Å². The number of aliphatic hydroxyl groups is 1. The van der Waals surface area contributed by atoms with Crippen molar-refractivity contribution in [3.8, 4) is 5.75 Å². The van der Waals surface area contributed by atoms with E-state index in [0.717, 1.165) is 15.7 Å². The van der Waals surface area contributed by atoms with E-state index in [9.17, 15) is 14.7 Å². The molecule has 0 saturated carbocycles. The van der Waals surface area contributed by atoms with E-state index in [1.54, 1.807) is 10.9 Å². The second kappa shape index (κ2) is 9.73. The van der Waals surface area contributed by atoms with Crippen molar-refractivity contribution in [3.05, 3.63) is 56.5 Å². The molecule has 0 aliphatic rings. The zero-order chi connectivity index (χ0) is 23.6. The Hall–Kier alpha value is -2.87. The fraction of sp³-hybridized carbons (Fsp3) is 0.542. The van der Waals surface area contributed by atoms with E-state index in [0.29, 0.717) is 35.9 Å². The summed E-state index contributed by atoms with van der Waals surface area (Å²) in [6, 6.07) is 5.80. The van der Waals surface area contributed by atoms with Gasteiger partial charge in [-0.25, -0.2) is 9.78 Å². The molecule has 2 aromatic heterocycles. The largest absolute Gasteiger partial charge is 0.491 e. The molecule has 3 aromatic rings. The van der Waals surface area contributed by atoms with Crippen LogP contribution in [0.25, 0.3) is 11.2 Å². The number of hydrogen-bond acceptors (Lipinski definition) is 5. The number of hydrogen-bond donors (Lipinski definition) is 1. The Morgan fingerprint density at radius 2 is 1.69 bits per heavy atom. The Labute approximate surface area is 188 Å².